The fraction of sp³-hybridized carbons (Fsp3) is 0.655. The molecule has 1 aliphatic rings. The Morgan fingerprint density at radius 2 is 1.38 bits per heavy atom. The van der Waals surface area contributed by atoms with Gasteiger partial charge in [0.2, 0.25) is 0 Å². The smallest absolute Gasteiger partial charge is 0.303 e. The summed E-state index contributed by atoms with van der Waals surface area (Å²) in [6, 6.07) is 7.51. The number of rotatable bonds is 16. The van der Waals surface area contributed by atoms with E-state index in [1.165, 1.54) is 52.9 Å². The molecule has 1 saturated heterocycles. The van der Waals surface area contributed by atoms with Gasteiger partial charge in [0.05, 0.1) is 0 Å². The standard InChI is InChI=1S/C29H43NO9/c1-5-6-7-8-9-10-11-15-18-35-29-25(30-28(34)23-16-13-12-14-17-23)27(38-22(4)33)26(37-21(3)32)24(39-29)19-36-20(2)31/h12-14,16-17,24-27,29H,5-11,15,18-19H2,1-4H3,(H,30,34)/t24-,25-,26-,27-,29+/m1/s1. The molecule has 39 heavy (non-hydrogen) atoms. The van der Waals surface area contributed by atoms with Crippen molar-refractivity contribution in [3.63, 3.8) is 0 Å². The number of carbonyl (C=O) groups excluding carboxylic acids is 4. The van der Waals surface area contributed by atoms with Crippen LogP contribution < -0.4 is 5.32 Å². The molecule has 1 fully saturated rings. The van der Waals surface area contributed by atoms with Gasteiger partial charge in [0.15, 0.2) is 18.5 Å². The van der Waals surface area contributed by atoms with E-state index in [-0.39, 0.29) is 6.61 Å². The minimum atomic E-state index is -1.16. The number of nitrogens with one attached hydrogen (secondary N) is 1. The van der Waals surface area contributed by atoms with Crippen LogP contribution in [0.15, 0.2) is 30.3 Å². The Balaban J connectivity index is 2.21. The molecule has 0 unspecified atom stereocenters. The van der Waals surface area contributed by atoms with Crippen molar-refractivity contribution in [2.75, 3.05) is 13.2 Å². The molecule has 0 aliphatic carbocycles. The van der Waals surface area contributed by atoms with Gasteiger partial charge in [0.25, 0.3) is 5.91 Å². The normalized spacial score (nSPS) is 22.5. The highest BCUT2D eigenvalue weighted by atomic mass is 16.7. The van der Waals surface area contributed by atoms with Crippen LogP contribution in [0.4, 0.5) is 0 Å². The van der Waals surface area contributed by atoms with Crippen LogP contribution in [0.5, 0.6) is 0 Å². The third kappa shape index (κ3) is 11.7. The van der Waals surface area contributed by atoms with E-state index in [4.69, 9.17) is 23.7 Å². The van der Waals surface area contributed by atoms with E-state index < -0.39 is 54.5 Å². The van der Waals surface area contributed by atoms with Crippen LogP contribution in [0.1, 0.15) is 89.4 Å². The molecule has 0 aromatic heterocycles. The summed E-state index contributed by atoms with van der Waals surface area (Å²) in [6.45, 7) is 5.93. The number of hydrogen-bond donors (Lipinski definition) is 1. The van der Waals surface area contributed by atoms with Gasteiger partial charge in [-0.1, -0.05) is 70.1 Å². The van der Waals surface area contributed by atoms with Crippen molar-refractivity contribution >= 4 is 23.8 Å². The van der Waals surface area contributed by atoms with Crippen LogP contribution in [0.3, 0.4) is 0 Å². The summed E-state index contributed by atoms with van der Waals surface area (Å²) in [6.07, 6.45) is 4.57. The lowest BCUT2D eigenvalue weighted by Crippen LogP contribution is -2.66. The van der Waals surface area contributed by atoms with Crippen molar-refractivity contribution in [1.29, 1.82) is 0 Å². The number of ether oxygens (including phenoxy) is 5. The summed E-state index contributed by atoms with van der Waals surface area (Å²) in [5.74, 6) is -2.30. The van der Waals surface area contributed by atoms with Crippen molar-refractivity contribution in [2.24, 2.45) is 0 Å². The first kappa shape index (κ1) is 32.2. The first-order chi connectivity index (χ1) is 18.7. The number of carbonyl (C=O) groups is 4. The van der Waals surface area contributed by atoms with Gasteiger partial charge >= 0.3 is 17.9 Å². The fourth-order valence-corrected chi connectivity index (χ4v) is 4.46. The number of esters is 3. The Labute approximate surface area is 231 Å². The molecule has 218 valence electrons. The van der Waals surface area contributed by atoms with Gasteiger partial charge < -0.3 is 29.0 Å². The molecule has 0 spiro atoms. The average Bonchev–Trinajstić information content (AvgIpc) is 2.89. The summed E-state index contributed by atoms with van der Waals surface area (Å²) < 4.78 is 28.4. The highest BCUT2D eigenvalue weighted by molar-refractivity contribution is 5.94. The van der Waals surface area contributed by atoms with Crippen LogP contribution in [0.2, 0.25) is 0 Å². The largest absolute Gasteiger partial charge is 0.463 e. The molecule has 1 amide bonds. The lowest BCUT2D eigenvalue weighted by molar-refractivity contribution is -0.277. The van der Waals surface area contributed by atoms with Crippen molar-refractivity contribution in [3.8, 4) is 0 Å². The van der Waals surface area contributed by atoms with Crippen LogP contribution in [-0.2, 0) is 38.1 Å². The third-order valence-corrected chi connectivity index (χ3v) is 6.32. The van der Waals surface area contributed by atoms with Gasteiger partial charge in [-0.25, -0.2) is 0 Å². The van der Waals surface area contributed by atoms with Crippen LogP contribution in [0.25, 0.3) is 0 Å². The second-order valence-electron chi connectivity index (χ2n) is 9.70. The summed E-state index contributed by atoms with van der Waals surface area (Å²) in [5.41, 5.74) is 0.381. The Hall–Kier alpha value is -2.98. The molecule has 5 atom stereocenters. The molecule has 10 heteroatoms. The fourth-order valence-electron chi connectivity index (χ4n) is 4.46. The van der Waals surface area contributed by atoms with Gasteiger partial charge in [-0.2, -0.15) is 0 Å². The molecule has 0 saturated carbocycles. The number of amides is 1. The minimum Gasteiger partial charge on any atom is -0.463 e. The number of benzene rings is 1. The topological polar surface area (TPSA) is 126 Å². The van der Waals surface area contributed by atoms with E-state index >= 15 is 0 Å². The molecule has 1 aliphatic heterocycles. The Morgan fingerprint density at radius 1 is 0.795 bits per heavy atom. The SMILES string of the molecule is CCCCCCCCCCO[C@H]1O[C@H](COC(C)=O)[C@@H](OC(C)=O)[C@H](OC(C)=O)[C@H]1NC(=O)c1ccccc1. The maximum absolute atomic E-state index is 13.1. The lowest BCUT2D eigenvalue weighted by atomic mass is 9.95. The molecule has 1 aromatic carbocycles. The quantitative estimate of drug-likeness (QED) is 0.184. The predicted molar refractivity (Wildman–Crippen MR) is 143 cm³/mol. The van der Waals surface area contributed by atoms with Crippen molar-refractivity contribution in [1.82, 2.24) is 5.32 Å². The van der Waals surface area contributed by atoms with Crippen molar-refractivity contribution < 1.29 is 42.9 Å². The van der Waals surface area contributed by atoms with Crippen LogP contribution in [-0.4, -0.2) is 67.7 Å². The first-order valence-corrected chi connectivity index (χ1v) is 13.8. The van der Waals surface area contributed by atoms with E-state index in [1.54, 1.807) is 30.3 Å². The maximum atomic E-state index is 13.1. The molecule has 1 aromatic rings. The van der Waals surface area contributed by atoms with Gasteiger partial charge in [0, 0.05) is 32.9 Å². The summed E-state index contributed by atoms with van der Waals surface area (Å²) in [7, 11) is 0. The summed E-state index contributed by atoms with van der Waals surface area (Å²) >= 11 is 0. The Bertz CT molecular complexity index is 907. The highest BCUT2D eigenvalue weighted by Crippen LogP contribution is 2.28. The van der Waals surface area contributed by atoms with Gasteiger partial charge in [0.1, 0.15) is 18.8 Å². The van der Waals surface area contributed by atoms with Gasteiger partial charge in [-0.3, -0.25) is 19.2 Å². The van der Waals surface area contributed by atoms with E-state index in [1.807, 2.05) is 0 Å². The minimum absolute atomic E-state index is 0.262. The molecular formula is C29H43NO9. The monoisotopic (exact) mass is 549 g/mol. The molecular weight excluding hydrogens is 506 g/mol. The molecule has 10 nitrogen and oxygen atoms in total. The second-order valence-corrected chi connectivity index (χ2v) is 9.70. The Kier molecular flexibility index (Phi) is 14.5. The Morgan fingerprint density at radius 3 is 1.97 bits per heavy atom. The van der Waals surface area contributed by atoms with E-state index in [9.17, 15) is 19.2 Å². The molecule has 2 rings (SSSR count). The summed E-state index contributed by atoms with van der Waals surface area (Å²) in [5, 5.41) is 2.84. The second kappa shape index (κ2) is 17.6. The number of hydrogen-bond acceptors (Lipinski definition) is 9. The van der Waals surface area contributed by atoms with E-state index in [0.29, 0.717) is 12.2 Å². The maximum Gasteiger partial charge on any atom is 0.303 e. The van der Waals surface area contributed by atoms with Crippen molar-refractivity contribution in [3.05, 3.63) is 35.9 Å². The summed E-state index contributed by atoms with van der Waals surface area (Å²) in [4.78, 5) is 48.7. The van der Waals surface area contributed by atoms with E-state index in [0.717, 1.165) is 19.3 Å². The third-order valence-electron chi connectivity index (χ3n) is 6.32. The van der Waals surface area contributed by atoms with Gasteiger partial charge in [-0.15, -0.1) is 0 Å². The van der Waals surface area contributed by atoms with Crippen molar-refractivity contribution in [2.45, 2.75) is 110 Å². The van der Waals surface area contributed by atoms with Crippen LogP contribution in [0, 0.1) is 0 Å². The predicted octanol–water partition coefficient (Wildman–Crippen LogP) is 4.09. The first-order valence-electron chi connectivity index (χ1n) is 13.8. The molecule has 1 N–H and O–H groups in total. The van der Waals surface area contributed by atoms with Gasteiger partial charge in [-0.05, 0) is 18.6 Å². The van der Waals surface area contributed by atoms with Crippen LogP contribution >= 0.6 is 0 Å². The lowest BCUT2D eigenvalue weighted by Gasteiger charge is -2.45. The highest BCUT2D eigenvalue weighted by Gasteiger charge is 2.51. The number of unbranched alkanes of at least 4 members (excludes halogenated alkanes) is 7. The molecule has 0 bridgehead atoms. The zero-order valence-corrected chi connectivity index (χ0v) is 23.5. The molecule has 0 radical (unpaired) electrons. The zero-order chi connectivity index (χ0) is 28.6. The molecule has 1 heterocycles. The van der Waals surface area contributed by atoms with E-state index in [2.05, 4.69) is 12.2 Å². The average molecular weight is 550 g/mol. The zero-order valence-electron chi connectivity index (χ0n) is 23.5.